The fraction of sp³-hybridized carbons (Fsp3) is 0.455. The number of benzene rings is 1. The van der Waals surface area contributed by atoms with E-state index in [4.69, 9.17) is 11.6 Å². The summed E-state index contributed by atoms with van der Waals surface area (Å²) in [6.07, 6.45) is 1.31. The molecule has 1 atom stereocenters. The van der Waals surface area contributed by atoms with Gasteiger partial charge in [-0.25, -0.2) is 0 Å². The van der Waals surface area contributed by atoms with Gasteiger partial charge in [-0.05, 0) is 43.6 Å². The van der Waals surface area contributed by atoms with Crippen molar-refractivity contribution in [2.75, 3.05) is 18.8 Å². The van der Waals surface area contributed by atoms with E-state index in [1.165, 1.54) is 30.2 Å². The third-order valence-corrected chi connectivity index (χ3v) is 3.90. The van der Waals surface area contributed by atoms with Crippen molar-refractivity contribution in [3.63, 3.8) is 0 Å². The van der Waals surface area contributed by atoms with Gasteiger partial charge in [-0.15, -0.1) is 11.8 Å². The van der Waals surface area contributed by atoms with E-state index >= 15 is 0 Å². The largest absolute Gasteiger partial charge is 0.316 e. The van der Waals surface area contributed by atoms with E-state index in [-0.39, 0.29) is 0 Å². The number of nitrogens with one attached hydrogen (secondary N) is 1. The van der Waals surface area contributed by atoms with Gasteiger partial charge in [-0.2, -0.15) is 0 Å². The highest BCUT2D eigenvalue weighted by Gasteiger charge is 2.14. The molecule has 1 fully saturated rings. The van der Waals surface area contributed by atoms with Gasteiger partial charge in [-0.3, -0.25) is 0 Å². The second-order valence-corrected chi connectivity index (χ2v) is 5.16. The molecule has 0 spiro atoms. The Morgan fingerprint density at radius 2 is 2.43 bits per heavy atom. The highest BCUT2D eigenvalue weighted by Crippen LogP contribution is 2.25. The molecule has 14 heavy (non-hydrogen) atoms. The molecule has 0 aromatic heterocycles. The summed E-state index contributed by atoms with van der Waals surface area (Å²) in [6.45, 7) is 2.36. The molecule has 0 aliphatic carbocycles. The van der Waals surface area contributed by atoms with Crippen LogP contribution in [-0.2, 0) is 0 Å². The second kappa shape index (κ2) is 5.06. The highest BCUT2D eigenvalue weighted by molar-refractivity contribution is 7.99. The topological polar surface area (TPSA) is 12.0 Å². The molecule has 3 heteroatoms. The van der Waals surface area contributed by atoms with Gasteiger partial charge in [0.25, 0.3) is 0 Å². The molecule has 1 nitrogen and oxygen atoms in total. The number of hydrogen-bond acceptors (Lipinski definition) is 2. The zero-order chi connectivity index (χ0) is 9.80. The van der Waals surface area contributed by atoms with Gasteiger partial charge < -0.3 is 5.32 Å². The average molecular weight is 228 g/mol. The number of halogens is 1. The van der Waals surface area contributed by atoms with Crippen LogP contribution in [0.25, 0.3) is 0 Å². The Hall–Kier alpha value is -0.180. The van der Waals surface area contributed by atoms with E-state index in [9.17, 15) is 0 Å². The third-order valence-electron chi connectivity index (χ3n) is 2.44. The molecular formula is C11H14ClNS. The summed E-state index contributed by atoms with van der Waals surface area (Å²) in [4.78, 5) is 1.28. The average Bonchev–Trinajstić information content (AvgIpc) is 2.67. The zero-order valence-corrected chi connectivity index (χ0v) is 9.57. The van der Waals surface area contributed by atoms with Crippen molar-refractivity contribution in [3.8, 4) is 0 Å². The summed E-state index contributed by atoms with van der Waals surface area (Å²) in [7, 11) is 0. The van der Waals surface area contributed by atoms with Crippen molar-refractivity contribution in [1.82, 2.24) is 5.32 Å². The van der Waals surface area contributed by atoms with Crippen LogP contribution in [0.3, 0.4) is 0 Å². The molecule has 2 rings (SSSR count). The molecule has 1 heterocycles. The van der Waals surface area contributed by atoms with Crippen LogP contribution in [0.5, 0.6) is 0 Å². The molecule has 1 aromatic carbocycles. The lowest BCUT2D eigenvalue weighted by Crippen LogP contribution is -2.10. The summed E-state index contributed by atoms with van der Waals surface area (Å²) in [5, 5.41) is 4.21. The van der Waals surface area contributed by atoms with E-state index < -0.39 is 0 Å². The predicted octanol–water partition coefficient (Wildman–Crippen LogP) is 3.04. The third kappa shape index (κ3) is 2.91. The van der Waals surface area contributed by atoms with Gasteiger partial charge >= 0.3 is 0 Å². The van der Waals surface area contributed by atoms with Crippen molar-refractivity contribution in [1.29, 1.82) is 0 Å². The molecule has 0 saturated carbocycles. The maximum Gasteiger partial charge on any atom is 0.0417 e. The molecular weight excluding hydrogens is 214 g/mol. The van der Waals surface area contributed by atoms with Gasteiger partial charge in [0.2, 0.25) is 0 Å². The molecule has 1 saturated heterocycles. The Kier molecular flexibility index (Phi) is 3.74. The molecule has 1 N–H and O–H groups in total. The minimum atomic E-state index is 0.832. The summed E-state index contributed by atoms with van der Waals surface area (Å²) in [6, 6.07) is 8.09. The Labute approximate surface area is 94.2 Å². The molecule has 1 aromatic rings. The molecule has 76 valence electrons. The molecule has 1 unspecified atom stereocenters. The fourth-order valence-electron chi connectivity index (χ4n) is 1.63. The van der Waals surface area contributed by atoms with Crippen LogP contribution in [0.4, 0.5) is 0 Å². The lowest BCUT2D eigenvalue weighted by molar-refractivity contribution is 0.663. The lowest BCUT2D eigenvalue weighted by atomic mass is 10.2. The Morgan fingerprint density at radius 1 is 1.50 bits per heavy atom. The van der Waals surface area contributed by atoms with Gasteiger partial charge in [0, 0.05) is 15.7 Å². The SMILES string of the molecule is Clc1cccc(SCC2CCNC2)c1. The first-order valence-electron chi connectivity index (χ1n) is 4.94. The van der Waals surface area contributed by atoms with Gasteiger partial charge in [0.05, 0.1) is 0 Å². The van der Waals surface area contributed by atoms with Crippen molar-refractivity contribution in [2.45, 2.75) is 11.3 Å². The summed E-state index contributed by atoms with van der Waals surface area (Å²) in [5.74, 6) is 2.03. The quantitative estimate of drug-likeness (QED) is 0.797. The van der Waals surface area contributed by atoms with Crippen LogP contribution >= 0.6 is 23.4 Å². The number of rotatable bonds is 3. The summed E-state index contributed by atoms with van der Waals surface area (Å²) < 4.78 is 0. The van der Waals surface area contributed by atoms with Crippen molar-refractivity contribution < 1.29 is 0 Å². The predicted molar refractivity (Wildman–Crippen MR) is 63.2 cm³/mol. The van der Waals surface area contributed by atoms with E-state index in [0.29, 0.717) is 0 Å². The Balaban J connectivity index is 1.85. The Morgan fingerprint density at radius 3 is 3.14 bits per heavy atom. The summed E-state index contributed by atoms with van der Waals surface area (Å²) >= 11 is 7.82. The minimum absolute atomic E-state index is 0.832. The number of thioether (sulfide) groups is 1. The van der Waals surface area contributed by atoms with Gasteiger partial charge in [0.15, 0.2) is 0 Å². The molecule has 0 bridgehead atoms. The van der Waals surface area contributed by atoms with Crippen LogP contribution in [0.1, 0.15) is 6.42 Å². The number of hydrogen-bond donors (Lipinski definition) is 1. The van der Waals surface area contributed by atoms with E-state index in [1.54, 1.807) is 0 Å². The van der Waals surface area contributed by atoms with Gasteiger partial charge in [0.1, 0.15) is 0 Å². The standard InChI is InChI=1S/C11H14ClNS/c12-10-2-1-3-11(6-10)14-8-9-4-5-13-7-9/h1-3,6,9,13H,4-5,7-8H2. The first-order chi connectivity index (χ1) is 6.84. The van der Waals surface area contributed by atoms with Crippen LogP contribution in [0, 0.1) is 5.92 Å². The van der Waals surface area contributed by atoms with E-state index in [1.807, 2.05) is 30.0 Å². The highest BCUT2D eigenvalue weighted by atomic mass is 35.5. The lowest BCUT2D eigenvalue weighted by Gasteiger charge is -2.07. The normalized spacial score (nSPS) is 21.4. The van der Waals surface area contributed by atoms with Crippen molar-refractivity contribution >= 4 is 23.4 Å². The molecule has 1 aliphatic heterocycles. The first kappa shape index (κ1) is 10.3. The van der Waals surface area contributed by atoms with Crippen LogP contribution in [0.2, 0.25) is 5.02 Å². The van der Waals surface area contributed by atoms with E-state index in [0.717, 1.165) is 10.9 Å². The zero-order valence-electron chi connectivity index (χ0n) is 8.00. The molecule has 0 amide bonds. The fourth-order valence-corrected chi connectivity index (χ4v) is 2.98. The van der Waals surface area contributed by atoms with Crippen LogP contribution < -0.4 is 5.32 Å². The second-order valence-electron chi connectivity index (χ2n) is 3.63. The summed E-state index contributed by atoms with van der Waals surface area (Å²) in [5.41, 5.74) is 0. The van der Waals surface area contributed by atoms with Crippen LogP contribution in [-0.4, -0.2) is 18.8 Å². The maximum atomic E-state index is 5.91. The smallest absolute Gasteiger partial charge is 0.0417 e. The van der Waals surface area contributed by atoms with Gasteiger partial charge in [-0.1, -0.05) is 17.7 Å². The Bertz CT molecular complexity index is 297. The monoisotopic (exact) mass is 227 g/mol. The van der Waals surface area contributed by atoms with Crippen LogP contribution in [0.15, 0.2) is 29.2 Å². The van der Waals surface area contributed by atoms with E-state index in [2.05, 4.69) is 11.4 Å². The maximum absolute atomic E-state index is 5.91. The minimum Gasteiger partial charge on any atom is -0.316 e. The van der Waals surface area contributed by atoms with Crippen molar-refractivity contribution in [3.05, 3.63) is 29.3 Å². The molecule has 1 aliphatic rings. The van der Waals surface area contributed by atoms with Crippen molar-refractivity contribution in [2.24, 2.45) is 5.92 Å². The first-order valence-corrected chi connectivity index (χ1v) is 6.30. The molecule has 0 radical (unpaired) electrons.